The molecule has 2 aromatic carbocycles. The number of H-pyrrole nitrogens is 1. The Kier molecular flexibility index (Phi) is 4.90. The van der Waals surface area contributed by atoms with Gasteiger partial charge in [0.1, 0.15) is 5.75 Å². The largest absolute Gasteiger partial charge is 0.497 e. The predicted octanol–water partition coefficient (Wildman–Crippen LogP) is 3.36. The minimum atomic E-state index is -0.0596. The number of amides is 1. The SMILES string of the molecule is COc1ccc(CCC(=O)N2CCc3cc4cc(C)c(=O)[nH]c4cc3C2)cc1. The number of nitrogens with one attached hydrogen (secondary N) is 1. The van der Waals surface area contributed by atoms with Crippen LogP contribution < -0.4 is 10.3 Å². The highest BCUT2D eigenvalue weighted by atomic mass is 16.5. The Morgan fingerprint density at radius 2 is 1.93 bits per heavy atom. The number of ether oxygens (including phenoxy) is 1. The number of aryl methyl sites for hydroxylation is 2. The number of nitrogens with zero attached hydrogens (tertiary/aromatic N) is 1. The lowest BCUT2D eigenvalue weighted by Gasteiger charge is -2.29. The minimum absolute atomic E-state index is 0.0596. The average molecular weight is 376 g/mol. The number of fused-ring (bicyclic) bond motifs is 2. The third kappa shape index (κ3) is 3.65. The van der Waals surface area contributed by atoms with Crippen molar-refractivity contribution in [3.05, 3.63) is 75.1 Å². The van der Waals surface area contributed by atoms with Crippen LogP contribution in [0.3, 0.4) is 0 Å². The summed E-state index contributed by atoms with van der Waals surface area (Å²) in [5.41, 5.74) is 5.01. The molecule has 1 aliphatic heterocycles. The molecule has 5 heteroatoms. The van der Waals surface area contributed by atoms with Crippen LogP contribution >= 0.6 is 0 Å². The molecule has 1 aromatic heterocycles. The summed E-state index contributed by atoms with van der Waals surface area (Å²) < 4.78 is 5.17. The lowest BCUT2D eigenvalue weighted by Crippen LogP contribution is -2.36. The molecule has 0 fully saturated rings. The number of benzene rings is 2. The van der Waals surface area contributed by atoms with Crippen LogP contribution in [0.15, 0.2) is 47.3 Å². The first kappa shape index (κ1) is 18.3. The summed E-state index contributed by atoms with van der Waals surface area (Å²) in [6, 6.07) is 13.9. The van der Waals surface area contributed by atoms with E-state index in [-0.39, 0.29) is 11.5 Å². The Bertz CT molecular complexity index is 1080. The standard InChI is InChI=1S/C23H24N2O3/c1-15-11-18-12-17-9-10-25(14-19(17)13-21(18)24-23(15)27)22(26)8-5-16-3-6-20(28-2)7-4-16/h3-4,6-7,11-13H,5,8-10,14H2,1-2H3,(H,24,27). The van der Waals surface area contributed by atoms with Crippen molar-refractivity contribution in [1.82, 2.24) is 9.88 Å². The molecule has 0 radical (unpaired) electrons. The monoisotopic (exact) mass is 376 g/mol. The van der Waals surface area contributed by atoms with E-state index < -0.39 is 0 Å². The van der Waals surface area contributed by atoms with Crippen molar-refractivity contribution in [2.24, 2.45) is 0 Å². The van der Waals surface area contributed by atoms with Gasteiger partial charge in [0.2, 0.25) is 5.91 Å². The molecule has 0 saturated heterocycles. The zero-order chi connectivity index (χ0) is 19.7. The molecule has 1 N–H and O–H groups in total. The van der Waals surface area contributed by atoms with Gasteiger partial charge in [-0.15, -0.1) is 0 Å². The molecule has 2 heterocycles. The third-order valence-corrected chi connectivity index (χ3v) is 5.50. The fourth-order valence-corrected chi connectivity index (χ4v) is 3.79. The fraction of sp³-hybridized carbons (Fsp3) is 0.304. The van der Waals surface area contributed by atoms with Crippen LogP contribution in [0.1, 0.15) is 28.7 Å². The number of carbonyl (C=O) groups excluding carboxylic acids is 1. The lowest BCUT2D eigenvalue weighted by molar-refractivity contribution is -0.132. The topological polar surface area (TPSA) is 62.4 Å². The number of aromatic amines is 1. The molecule has 0 saturated carbocycles. The fourth-order valence-electron chi connectivity index (χ4n) is 3.79. The zero-order valence-electron chi connectivity index (χ0n) is 16.2. The molecule has 5 nitrogen and oxygen atoms in total. The molecular weight excluding hydrogens is 352 g/mol. The van der Waals surface area contributed by atoms with Gasteiger partial charge in [-0.2, -0.15) is 0 Å². The predicted molar refractivity (Wildman–Crippen MR) is 110 cm³/mol. The molecule has 28 heavy (non-hydrogen) atoms. The normalized spacial score (nSPS) is 13.4. The molecule has 4 rings (SSSR count). The summed E-state index contributed by atoms with van der Waals surface area (Å²) >= 11 is 0. The Hall–Kier alpha value is -3.08. The van der Waals surface area contributed by atoms with Crippen molar-refractivity contribution in [3.63, 3.8) is 0 Å². The van der Waals surface area contributed by atoms with Crippen molar-refractivity contribution >= 4 is 16.8 Å². The quantitative estimate of drug-likeness (QED) is 0.759. The van der Waals surface area contributed by atoms with E-state index in [1.165, 1.54) is 5.56 Å². The third-order valence-electron chi connectivity index (χ3n) is 5.50. The van der Waals surface area contributed by atoms with Gasteiger partial charge in [-0.1, -0.05) is 12.1 Å². The number of pyridine rings is 1. The van der Waals surface area contributed by atoms with Crippen LogP contribution in [0.4, 0.5) is 0 Å². The number of hydrogen-bond acceptors (Lipinski definition) is 3. The van der Waals surface area contributed by atoms with Crippen LogP contribution in [0.25, 0.3) is 10.9 Å². The summed E-state index contributed by atoms with van der Waals surface area (Å²) in [7, 11) is 1.65. The van der Waals surface area contributed by atoms with Crippen LogP contribution in [-0.4, -0.2) is 29.4 Å². The molecule has 0 aliphatic carbocycles. The molecule has 0 unspecified atom stereocenters. The smallest absolute Gasteiger partial charge is 0.251 e. The molecule has 3 aromatic rings. The Balaban J connectivity index is 1.46. The molecule has 144 valence electrons. The maximum absolute atomic E-state index is 12.7. The lowest BCUT2D eigenvalue weighted by atomic mass is 9.96. The number of rotatable bonds is 4. The van der Waals surface area contributed by atoms with E-state index in [2.05, 4.69) is 11.1 Å². The van der Waals surface area contributed by atoms with Crippen LogP contribution in [-0.2, 0) is 24.2 Å². The van der Waals surface area contributed by atoms with Gasteiger partial charge >= 0.3 is 0 Å². The van der Waals surface area contributed by atoms with Crippen LogP contribution in [0.2, 0.25) is 0 Å². The summed E-state index contributed by atoms with van der Waals surface area (Å²) in [5, 5.41) is 1.05. The first-order valence-corrected chi connectivity index (χ1v) is 9.59. The maximum atomic E-state index is 12.7. The second-order valence-corrected chi connectivity index (χ2v) is 7.40. The summed E-state index contributed by atoms with van der Waals surface area (Å²) in [4.78, 5) is 29.5. The molecule has 0 bridgehead atoms. The maximum Gasteiger partial charge on any atom is 0.251 e. The van der Waals surface area contributed by atoms with E-state index in [0.717, 1.165) is 52.7 Å². The summed E-state index contributed by atoms with van der Waals surface area (Å²) in [5.74, 6) is 0.988. The van der Waals surface area contributed by atoms with E-state index in [1.54, 1.807) is 7.11 Å². The number of methoxy groups -OCH3 is 1. The number of carbonyl (C=O) groups is 1. The molecule has 0 atom stereocenters. The highest BCUT2D eigenvalue weighted by molar-refractivity contribution is 5.82. The summed E-state index contributed by atoms with van der Waals surface area (Å²) in [6.07, 6.45) is 2.06. The van der Waals surface area contributed by atoms with E-state index in [9.17, 15) is 9.59 Å². The number of aromatic nitrogens is 1. The van der Waals surface area contributed by atoms with Crippen molar-refractivity contribution in [2.45, 2.75) is 32.7 Å². The first-order valence-electron chi connectivity index (χ1n) is 9.59. The first-order chi connectivity index (χ1) is 13.5. The minimum Gasteiger partial charge on any atom is -0.497 e. The van der Waals surface area contributed by atoms with Gasteiger partial charge < -0.3 is 14.6 Å². The van der Waals surface area contributed by atoms with Gasteiger partial charge in [0, 0.05) is 30.6 Å². The van der Waals surface area contributed by atoms with Gasteiger partial charge in [-0.3, -0.25) is 9.59 Å². The second-order valence-electron chi connectivity index (χ2n) is 7.40. The van der Waals surface area contributed by atoms with Gasteiger partial charge in [-0.25, -0.2) is 0 Å². The van der Waals surface area contributed by atoms with E-state index in [4.69, 9.17) is 4.74 Å². The number of hydrogen-bond donors (Lipinski definition) is 1. The summed E-state index contributed by atoms with van der Waals surface area (Å²) in [6.45, 7) is 3.16. The zero-order valence-corrected chi connectivity index (χ0v) is 16.2. The molecular formula is C23H24N2O3. The van der Waals surface area contributed by atoms with Crippen molar-refractivity contribution in [3.8, 4) is 5.75 Å². The average Bonchev–Trinajstić information content (AvgIpc) is 2.71. The van der Waals surface area contributed by atoms with E-state index >= 15 is 0 Å². The van der Waals surface area contributed by atoms with Gasteiger partial charge in [0.25, 0.3) is 5.56 Å². The molecule has 1 aliphatic rings. The van der Waals surface area contributed by atoms with Crippen LogP contribution in [0, 0.1) is 6.92 Å². The highest BCUT2D eigenvalue weighted by Gasteiger charge is 2.21. The van der Waals surface area contributed by atoms with Gasteiger partial charge in [0.15, 0.2) is 0 Å². The van der Waals surface area contributed by atoms with Gasteiger partial charge in [-0.05, 0) is 72.2 Å². The van der Waals surface area contributed by atoms with Crippen LogP contribution in [0.5, 0.6) is 5.75 Å². The van der Waals surface area contributed by atoms with Crippen molar-refractivity contribution < 1.29 is 9.53 Å². The Labute approximate surface area is 163 Å². The Morgan fingerprint density at radius 1 is 1.14 bits per heavy atom. The van der Waals surface area contributed by atoms with E-state index in [1.807, 2.05) is 48.2 Å². The van der Waals surface area contributed by atoms with E-state index in [0.29, 0.717) is 13.0 Å². The van der Waals surface area contributed by atoms with Gasteiger partial charge in [0.05, 0.1) is 7.11 Å². The second kappa shape index (κ2) is 7.50. The highest BCUT2D eigenvalue weighted by Crippen LogP contribution is 2.25. The van der Waals surface area contributed by atoms with Crippen molar-refractivity contribution in [2.75, 3.05) is 13.7 Å². The van der Waals surface area contributed by atoms with Crippen molar-refractivity contribution in [1.29, 1.82) is 0 Å². The molecule has 1 amide bonds. The Morgan fingerprint density at radius 3 is 2.68 bits per heavy atom. The molecule has 0 spiro atoms.